The molecule has 3 heterocycles. The number of nitrogen functional groups attached to an aromatic ring is 1. The maximum absolute atomic E-state index is 11.8. The van der Waals surface area contributed by atoms with Crippen LogP contribution in [0.2, 0.25) is 0 Å². The molecule has 0 spiro atoms. The number of anilines is 2. The van der Waals surface area contributed by atoms with Crippen molar-refractivity contribution in [2.75, 3.05) is 30.8 Å². The minimum absolute atomic E-state index is 0.117. The third-order valence-corrected chi connectivity index (χ3v) is 4.31. The number of fused-ring (bicyclic) bond motifs is 1. The SMILES string of the molecule is CC.COC(=O)C1CCCN(c2nc(Br)c3c(N)nccn23)C1. The largest absolute Gasteiger partial charge is 0.469 e. The normalized spacial score (nSPS) is 17.6. The second-order valence-electron chi connectivity index (χ2n) is 5.04. The lowest BCUT2D eigenvalue weighted by atomic mass is 9.98. The van der Waals surface area contributed by atoms with Crippen LogP contribution < -0.4 is 10.6 Å². The van der Waals surface area contributed by atoms with Gasteiger partial charge in [-0.3, -0.25) is 9.20 Å². The minimum Gasteiger partial charge on any atom is -0.469 e. The van der Waals surface area contributed by atoms with Crippen molar-refractivity contribution in [3.63, 3.8) is 0 Å². The van der Waals surface area contributed by atoms with E-state index in [1.165, 1.54) is 7.11 Å². The summed E-state index contributed by atoms with van der Waals surface area (Å²) in [6, 6.07) is 0. The van der Waals surface area contributed by atoms with Crippen molar-refractivity contribution in [3.8, 4) is 0 Å². The Kier molecular flexibility index (Phi) is 5.81. The summed E-state index contributed by atoms with van der Waals surface area (Å²) in [5.74, 6) is 0.902. The van der Waals surface area contributed by atoms with Crippen LogP contribution in [0.5, 0.6) is 0 Å². The number of hydrogen-bond donors (Lipinski definition) is 1. The molecule has 3 rings (SSSR count). The van der Waals surface area contributed by atoms with E-state index < -0.39 is 0 Å². The average Bonchev–Trinajstić information content (AvgIpc) is 2.94. The predicted octanol–water partition coefficient (Wildman–Crippen LogP) is 2.49. The van der Waals surface area contributed by atoms with Crippen LogP contribution in [0.15, 0.2) is 17.0 Å². The van der Waals surface area contributed by atoms with Gasteiger partial charge in [0, 0.05) is 25.5 Å². The Morgan fingerprint density at radius 3 is 2.91 bits per heavy atom. The Bertz CT molecular complexity index is 688. The van der Waals surface area contributed by atoms with Gasteiger partial charge in [-0.05, 0) is 28.8 Å². The highest BCUT2D eigenvalue weighted by Crippen LogP contribution is 2.29. The monoisotopic (exact) mass is 383 g/mol. The van der Waals surface area contributed by atoms with Crippen LogP contribution in [0.3, 0.4) is 0 Å². The van der Waals surface area contributed by atoms with Crippen molar-refractivity contribution in [3.05, 3.63) is 17.0 Å². The van der Waals surface area contributed by atoms with Gasteiger partial charge >= 0.3 is 5.97 Å². The van der Waals surface area contributed by atoms with Gasteiger partial charge < -0.3 is 15.4 Å². The molecular formula is C15H22BrN5O2. The topological polar surface area (TPSA) is 85.8 Å². The molecule has 126 valence electrons. The highest BCUT2D eigenvalue weighted by Gasteiger charge is 2.29. The van der Waals surface area contributed by atoms with Crippen molar-refractivity contribution >= 4 is 39.2 Å². The molecule has 1 saturated heterocycles. The van der Waals surface area contributed by atoms with Crippen LogP contribution in [-0.2, 0) is 9.53 Å². The number of piperidine rings is 1. The number of imidazole rings is 1. The van der Waals surface area contributed by atoms with Crippen LogP contribution in [0.1, 0.15) is 26.7 Å². The minimum atomic E-state index is -0.166. The van der Waals surface area contributed by atoms with Gasteiger partial charge in [-0.25, -0.2) is 9.97 Å². The Labute approximate surface area is 144 Å². The van der Waals surface area contributed by atoms with E-state index in [9.17, 15) is 4.79 Å². The lowest BCUT2D eigenvalue weighted by Gasteiger charge is -2.31. The number of aromatic nitrogens is 3. The maximum atomic E-state index is 11.8. The van der Waals surface area contributed by atoms with E-state index >= 15 is 0 Å². The Hall–Kier alpha value is -1.83. The second-order valence-corrected chi connectivity index (χ2v) is 5.79. The van der Waals surface area contributed by atoms with Gasteiger partial charge in [0.1, 0.15) is 10.1 Å². The number of methoxy groups -OCH3 is 1. The van der Waals surface area contributed by atoms with Crippen molar-refractivity contribution in [1.82, 2.24) is 14.4 Å². The summed E-state index contributed by atoms with van der Waals surface area (Å²) in [6.07, 6.45) is 5.23. The van der Waals surface area contributed by atoms with Gasteiger partial charge in [-0.1, -0.05) is 13.8 Å². The van der Waals surface area contributed by atoms with Gasteiger partial charge in [0.2, 0.25) is 5.95 Å². The molecule has 0 radical (unpaired) electrons. The van der Waals surface area contributed by atoms with Gasteiger partial charge in [0.25, 0.3) is 0 Å². The van der Waals surface area contributed by atoms with E-state index in [1.54, 1.807) is 6.20 Å². The van der Waals surface area contributed by atoms with Crippen molar-refractivity contribution in [1.29, 1.82) is 0 Å². The molecule has 7 nitrogen and oxygen atoms in total. The summed E-state index contributed by atoms with van der Waals surface area (Å²) < 4.78 is 7.40. The molecule has 1 aliphatic rings. The second kappa shape index (κ2) is 7.63. The lowest BCUT2D eigenvalue weighted by molar-refractivity contribution is -0.145. The number of nitrogens with zero attached hydrogens (tertiary/aromatic N) is 4. The standard InChI is InChI=1S/C13H16BrN5O2.C2H6/c1-21-12(20)8-3-2-5-18(7-8)13-17-10(14)9-11(15)16-4-6-19(9)13;1-2/h4,6,8H,2-3,5,7H2,1H3,(H2,15,16);1-2H3. The Morgan fingerprint density at radius 1 is 1.48 bits per heavy atom. The molecule has 23 heavy (non-hydrogen) atoms. The van der Waals surface area contributed by atoms with Gasteiger partial charge in [-0.15, -0.1) is 0 Å². The van der Waals surface area contributed by atoms with Crippen LogP contribution in [0.4, 0.5) is 11.8 Å². The first-order valence-electron chi connectivity index (χ1n) is 7.72. The van der Waals surface area contributed by atoms with E-state index in [0.717, 1.165) is 30.9 Å². The fourth-order valence-electron chi connectivity index (χ4n) is 2.75. The van der Waals surface area contributed by atoms with Gasteiger partial charge in [0.05, 0.1) is 13.0 Å². The van der Waals surface area contributed by atoms with Gasteiger partial charge in [-0.2, -0.15) is 0 Å². The summed E-state index contributed by atoms with van der Waals surface area (Å²) in [5, 5.41) is 0. The first-order valence-corrected chi connectivity index (χ1v) is 8.52. The van der Waals surface area contributed by atoms with Crippen LogP contribution >= 0.6 is 15.9 Å². The molecule has 2 aromatic rings. The fraction of sp³-hybridized carbons (Fsp3) is 0.533. The summed E-state index contributed by atoms with van der Waals surface area (Å²) in [4.78, 5) is 22.4. The first-order chi connectivity index (χ1) is 11.1. The van der Waals surface area contributed by atoms with E-state index in [0.29, 0.717) is 17.0 Å². The van der Waals surface area contributed by atoms with Crippen LogP contribution in [0, 0.1) is 5.92 Å². The number of hydrogen-bond acceptors (Lipinski definition) is 6. The summed E-state index contributed by atoms with van der Waals surface area (Å²) in [7, 11) is 1.43. The number of ether oxygens (including phenoxy) is 1. The number of halogens is 1. The smallest absolute Gasteiger partial charge is 0.310 e. The summed E-state index contributed by atoms with van der Waals surface area (Å²) >= 11 is 3.42. The Morgan fingerprint density at radius 2 is 2.22 bits per heavy atom. The molecule has 0 amide bonds. The summed E-state index contributed by atoms with van der Waals surface area (Å²) in [6.45, 7) is 5.45. The van der Waals surface area contributed by atoms with Crippen LogP contribution in [0.25, 0.3) is 5.52 Å². The predicted molar refractivity (Wildman–Crippen MR) is 93.4 cm³/mol. The number of nitrogens with two attached hydrogens (primary N) is 1. The van der Waals surface area contributed by atoms with Crippen LogP contribution in [-0.4, -0.2) is 40.5 Å². The van der Waals surface area contributed by atoms with E-state index in [2.05, 4.69) is 30.8 Å². The number of carbonyl (C=O) groups is 1. The van der Waals surface area contributed by atoms with E-state index in [1.807, 2.05) is 24.4 Å². The molecule has 1 fully saturated rings. The molecule has 1 atom stereocenters. The summed E-state index contributed by atoms with van der Waals surface area (Å²) in [5.41, 5.74) is 6.65. The molecule has 2 N–H and O–H groups in total. The molecule has 1 unspecified atom stereocenters. The third-order valence-electron chi connectivity index (χ3n) is 3.76. The van der Waals surface area contributed by atoms with E-state index in [-0.39, 0.29) is 11.9 Å². The van der Waals surface area contributed by atoms with E-state index in [4.69, 9.17) is 10.5 Å². The third kappa shape index (κ3) is 3.41. The molecule has 1 aliphatic heterocycles. The zero-order valence-corrected chi connectivity index (χ0v) is 15.2. The van der Waals surface area contributed by atoms with Crippen molar-refractivity contribution < 1.29 is 9.53 Å². The average molecular weight is 384 g/mol. The lowest BCUT2D eigenvalue weighted by Crippen LogP contribution is -2.40. The maximum Gasteiger partial charge on any atom is 0.310 e. The zero-order chi connectivity index (χ0) is 17.0. The molecule has 0 aromatic carbocycles. The first kappa shape index (κ1) is 17.5. The number of carbonyl (C=O) groups excluding carboxylic acids is 1. The quantitative estimate of drug-likeness (QED) is 0.801. The molecule has 2 aromatic heterocycles. The molecular weight excluding hydrogens is 362 g/mol. The molecule has 0 bridgehead atoms. The van der Waals surface area contributed by atoms with Crippen molar-refractivity contribution in [2.45, 2.75) is 26.7 Å². The molecule has 8 heteroatoms. The molecule has 0 aliphatic carbocycles. The Balaban J connectivity index is 0.000000924. The highest BCUT2D eigenvalue weighted by atomic mass is 79.9. The molecule has 0 saturated carbocycles. The number of rotatable bonds is 2. The highest BCUT2D eigenvalue weighted by molar-refractivity contribution is 9.10. The number of esters is 1. The van der Waals surface area contributed by atoms with Gasteiger partial charge in [0.15, 0.2) is 5.82 Å². The zero-order valence-electron chi connectivity index (χ0n) is 13.6. The fourth-order valence-corrected chi connectivity index (χ4v) is 3.30. The van der Waals surface area contributed by atoms with Crippen molar-refractivity contribution in [2.24, 2.45) is 5.92 Å².